The summed E-state index contributed by atoms with van der Waals surface area (Å²) in [4.78, 5) is 0. The molecule has 0 rings (SSSR count). The molecule has 0 aromatic rings. The van der Waals surface area contributed by atoms with Crippen LogP contribution < -0.4 is 5.73 Å². The highest BCUT2D eigenvalue weighted by molar-refractivity contribution is 7.99. The van der Waals surface area contributed by atoms with Gasteiger partial charge < -0.3 is 16.0 Å². The highest BCUT2D eigenvalue weighted by Gasteiger charge is 1.99. The van der Waals surface area contributed by atoms with Crippen LogP contribution in [-0.2, 0) is 0 Å². The summed E-state index contributed by atoms with van der Waals surface area (Å²) in [7, 11) is 0. The highest BCUT2D eigenvalue weighted by atomic mass is 32.2. The molecule has 0 amide bonds. The van der Waals surface area contributed by atoms with E-state index in [1.807, 2.05) is 6.92 Å². The second kappa shape index (κ2) is 8.19. The van der Waals surface area contributed by atoms with Gasteiger partial charge in [0.1, 0.15) is 5.84 Å². The minimum absolute atomic E-state index is 0.243. The number of nitrogens with zero attached hydrogens (tertiary/aromatic N) is 1. The lowest BCUT2D eigenvalue weighted by Crippen LogP contribution is -2.11. The van der Waals surface area contributed by atoms with Crippen LogP contribution in [0.3, 0.4) is 0 Å². The van der Waals surface area contributed by atoms with Crippen LogP contribution in [-0.4, -0.2) is 34.3 Å². The van der Waals surface area contributed by atoms with E-state index in [0.717, 1.165) is 17.9 Å². The van der Waals surface area contributed by atoms with Gasteiger partial charge in [0, 0.05) is 13.0 Å². The van der Waals surface area contributed by atoms with Crippen LogP contribution >= 0.6 is 11.8 Å². The second-order valence-corrected chi connectivity index (χ2v) is 4.21. The molecule has 78 valence electrons. The first-order valence-corrected chi connectivity index (χ1v) is 5.51. The average Bonchev–Trinajstić information content (AvgIpc) is 2.16. The van der Waals surface area contributed by atoms with Gasteiger partial charge in [-0.05, 0) is 23.8 Å². The van der Waals surface area contributed by atoms with Gasteiger partial charge in [-0.1, -0.05) is 12.1 Å². The molecule has 1 unspecified atom stereocenters. The molecule has 4 nitrogen and oxygen atoms in total. The van der Waals surface area contributed by atoms with Gasteiger partial charge in [0.15, 0.2) is 0 Å². The molecule has 0 aliphatic carbocycles. The van der Waals surface area contributed by atoms with Gasteiger partial charge in [-0.3, -0.25) is 0 Å². The first-order chi connectivity index (χ1) is 6.20. The fraction of sp³-hybridized carbons (Fsp3) is 0.875. The van der Waals surface area contributed by atoms with E-state index in [1.54, 1.807) is 11.8 Å². The van der Waals surface area contributed by atoms with Gasteiger partial charge in [-0.25, -0.2) is 0 Å². The van der Waals surface area contributed by atoms with Crippen molar-refractivity contribution in [3.63, 3.8) is 0 Å². The molecule has 0 fully saturated rings. The van der Waals surface area contributed by atoms with Crippen molar-refractivity contribution in [1.29, 1.82) is 0 Å². The zero-order valence-electron chi connectivity index (χ0n) is 7.94. The molecule has 0 spiro atoms. The Balaban J connectivity index is 3.17. The zero-order chi connectivity index (χ0) is 10.1. The van der Waals surface area contributed by atoms with Gasteiger partial charge >= 0.3 is 0 Å². The maximum absolute atomic E-state index is 8.73. The fourth-order valence-corrected chi connectivity index (χ4v) is 1.77. The van der Waals surface area contributed by atoms with Crippen molar-refractivity contribution in [2.24, 2.45) is 16.8 Å². The molecule has 13 heavy (non-hydrogen) atoms. The molecule has 0 aromatic heterocycles. The molecule has 5 heteroatoms. The van der Waals surface area contributed by atoms with Crippen molar-refractivity contribution in [2.45, 2.75) is 19.8 Å². The Morgan fingerprint density at radius 1 is 1.62 bits per heavy atom. The third-order valence-corrected chi connectivity index (χ3v) is 2.95. The number of aliphatic hydroxyl groups excluding tert-OH is 1. The van der Waals surface area contributed by atoms with E-state index in [4.69, 9.17) is 16.0 Å². The summed E-state index contributed by atoms with van der Waals surface area (Å²) >= 11 is 1.79. The molecule has 0 aliphatic rings. The molecule has 0 heterocycles. The maximum atomic E-state index is 8.73. The van der Waals surface area contributed by atoms with Crippen LogP contribution in [0.2, 0.25) is 0 Å². The summed E-state index contributed by atoms with van der Waals surface area (Å²) in [5, 5.41) is 19.9. The lowest BCUT2D eigenvalue weighted by atomic mass is 10.2. The smallest absolute Gasteiger partial charge is 0.139 e. The van der Waals surface area contributed by atoms with E-state index in [2.05, 4.69) is 5.16 Å². The summed E-state index contributed by atoms with van der Waals surface area (Å²) in [6, 6.07) is 0. The van der Waals surface area contributed by atoms with Crippen LogP contribution in [0, 0.1) is 5.92 Å². The summed E-state index contributed by atoms with van der Waals surface area (Å²) < 4.78 is 0. The van der Waals surface area contributed by atoms with Crippen molar-refractivity contribution in [1.82, 2.24) is 0 Å². The number of amidine groups is 1. The Kier molecular flexibility index (Phi) is 7.93. The molecule has 1 atom stereocenters. The minimum Gasteiger partial charge on any atom is -0.409 e. The van der Waals surface area contributed by atoms with E-state index in [-0.39, 0.29) is 12.4 Å². The first kappa shape index (κ1) is 12.6. The van der Waals surface area contributed by atoms with Gasteiger partial charge in [0.2, 0.25) is 0 Å². The maximum Gasteiger partial charge on any atom is 0.139 e. The number of hydrogen-bond acceptors (Lipinski definition) is 4. The van der Waals surface area contributed by atoms with Crippen molar-refractivity contribution in [2.75, 3.05) is 18.1 Å². The van der Waals surface area contributed by atoms with Crippen molar-refractivity contribution in [3.8, 4) is 0 Å². The summed E-state index contributed by atoms with van der Waals surface area (Å²) in [6.07, 6.45) is 1.55. The van der Waals surface area contributed by atoms with E-state index in [0.29, 0.717) is 12.3 Å². The summed E-state index contributed by atoms with van der Waals surface area (Å²) in [5.41, 5.74) is 5.29. The lowest BCUT2D eigenvalue weighted by Gasteiger charge is -2.06. The molecule has 0 saturated carbocycles. The number of thioether (sulfide) groups is 1. The Morgan fingerprint density at radius 3 is 2.85 bits per heavy atom. The summed E-state index contributed by atoms with van der Waals surface area (Å²) in [5.74, 6) is 2.59. The van der Waals surface area contributed by atoms with Crippen molar-refractivity contribution < 1.29 is 10.3 Å². The topological polar surface area (TPSA) is 78.8 Å². The first-order valence-electron chi connectivity index (χ1n) is 4.35. The van der Waals surface area contributed by atoms with Gasteiger partial charge in [0.05, 0.1) is 0 Å². The molecule has 0 bridgehead atoms. The van der Waals surface area contributed by atoms with Gasteiger partial charge in [-0.15, -0.1) is 0 Å². The van der Waals surface area contributed by atoms with E-state index < -0.39 is 0 Å². The monoisotopic (exact) mass is 206 g/mol. The SMILES string of the molecule is CC(CO)CSCCCC(N)=NO. The van der Waals surface area contributed by atoms with Crippen molar-refractivity contribution >= 4 is 17.6 Å². The Hall–Kier alpha value is -0.420. The Morgan fingerprint density at radius 2 is 2.31 bits per heavy atom. The molecule has 4 N–H and O–H groups in total. The predicted molar refractivity (Wildman–Crippen MR) is 56.2 cm³/mol. The largest absolute Gasteiger partial charge is 0.409 e. The van der Waals surface area contributed by atoms with E-state index >= 15 is 0 Å². The average molecular weight is 206 g/mol. The number of nitrogens with two attached hydrogens (primary N) is 1. The normalized spacial score (nSPS) is 14.5. The number of rotatable bonds is 7. The minimum atomic E-state index is 0.243. The Labute approximate surface area is 83.2 Å². The molecule has 0 aliphatic heterocycles. The fourth-order valence-electron chi connectivity index (χ4n) is 0.743. The van der Waals surface area contributed by atoms with E-state index in [1.165, 1.54) is 0 Å². The van der Waals surface area contributed by atoms with Gasteiger partial charge in [-0.2, -0.15) is 11.8 Å². The van der Waals surface area contributed by atoms with Crippen LogP contribution in [0.4, 0.5) is 0 Å². The summed E-state index contributed by atoms with van der Waals surface area (Å²) in [6.45, 7) is 2.25. The van der Waals surface area contributed by atoms with Crippen LogP contribution in [0.5, 0.6) is 0 Å². The third kappa shape index (κ3) is 7.93. The molecular weight excluding hydrogens is 188 g/mol. The highest BCUT2D eigenvalue weighted by Crippen LogP contribution is 2.09. The second-order valence-electron chi connectivity index (χ2n) is 3.06. The van der Waals surface area contributed by atoms with Crippen molar-refractivity contribution in [3.05, 3.63) is 0 Å². The van der Waals surface area contributed by atoms with Gasteiger partial charge in [0.25, 0.3) is 0 Å². The number of aliphatic hydroxyl groups is 1. The standard InChI is InChI=1S/C8H18N2O2S/c1-7(5-11)6-13-4-2-3-8(9)10-12/h7,11-12H,2-6H2,1H3,(H2,9,10). The third-order valence-electron chi connectivity index (χ3n) is 1.56. The van der Waals surface area contributed by atoms with Crippen LogP contribution in [0.1, 0.15) is 19.8 Å². The quantitative estimate of drug-likeness (QED) is 0.190. The van der Waals surface area contributed by atoms with Crippen LogP contribution in [0.25, 0.3) is 0 Å². The lowest BCUT2D eigenvalue weighted by molar-refractivity contribution is 0.250. The Bertz CT molecular complexity index is 153. The molecular formula is C8H18N2O2S. The predicted octanol–water partition coefficient (Wildman–Crippen LogP) is 0.875. The molecule has 0 radical (unpaired) electrons. The zero-order valence-corrected chi connectivity index (χ0v) is 8.76. The molecule has 0 saturated heterocycles. The van der Waals surface area contributed by atoms with E-state index in [9.17, 15) is 0 Å². The number of oxime groups is 1. The van der Waals surface area contributed by atoms with Crippen LogP contribution in [0.15, 0.2) is 5.16 Å². The molecule has 0 aromatic carbocycles. The number of hydrogen-bond donors (Lipinski definition) is 3.